The molecule has 2 heteroatoms. The molecule has 1 fully saturated rings. The maximum absolute atomic E-state index is 6.19. The van der Waals surface area contributed by atoms with Crippen LogP contribution in [-0.4, -0.2) is 13.1 Å². The van der Waals surface area contributed by atoms with Crippen molar-refractivity contribution in [3.05, 3.63) is 23.3 Å². The maximum atomic E-state index is 6.19. The van der Waals surface area contributed by atoms with Gasteiger partial charge in [0, 0.05) is 13.1 Å². The molecule has 88 valence electrons. The number of nitrogens with two attached hydrogens (primary N) is 1. The van der Waals surface area contributed by atoms with E-state index in [-0.39, 0.29) is 0 Å². The van der Waals surface area contributed by atoms with Crippen LogP contribution >= 0.6 is 0 Å². The Hall–Kier alpha value is -1.18. The maximum Gasteiger partial charge on any atom is 0.0605 e. The van der Waals surface area contributed by atoms with Crippen molar-refractivity contribution in [3.8, 4) is 0 Å². The molecule has 2 rings (SSSR count). The van der Waals surface area contributed by atoms with Crippen molar-refractivity contribution in [2.24, 2.45) is 5.92 Å². The van der Waals surface area contributed by atoms with Gasteiger partial charge in [-0.3, -0.25) is 0 Å². The molecule has 0 bridgehead atoms. The molecule has 0 unspecified atom stereocenters. The van der Waals surface area contributed by atoms with Gasteiger partial charge in [-0.2, -0.15) is 0 Å². The minimum Gasteiger partial charge on any atom is -0.397 e. The van der Waals surface area contributed by atoms with Gasteiger partial charge < -0.3 is 10.6 Å². The molecule has 1 aromatic rings. The molecule has 0 spiro atoms. The summed E-state index contributed by atoms with van der Waals surface area (Å²) in [5.41, 5.74) is 10.9. The summed E-state index contributed by atoms with van der Waals surface area (Å²) in [5.74, 6) is 0.786. The van der Waals surface area contributed by atoms with Crippen LogP contribution in [0.15, 0.2) is 12.1 Å². The van der Waals surface area contributed by atoms with Crippen molar-refractivity contribution in [2.45, 2.75) is 33.6 Å². The molecule has 0 radical (unpaired) electrons. The van der Waals surface area contributed by atoms with Crippen LogP contribution in [-0.2, 0) is 0 Å². The second kappa shape index (κ2) is 4.36. The zero-order valence-electron chi connectivity index (χ0n) is 10.6. The Morgan fingerprint density at radius 1 is 1.31 bits per heavy atom. The van der Waals surface area contributed by atoms with Crippen LogP contribution in [0, 0.1) is 19.8 Å². The fourth-order valence-corrected chi connectivity index (χ4v) is 2.63. The lowest BCUT2D eigenvalue weighted by Crippen LogP contribution is -2.34. The van der Waals surface area contributed by atoms with Crippen LogP contribution in [0.25, 0.3) is 0 Å². The summed E-state index contributed by atoms with van der Waals surface area (Å²) in [4.78, 5) is 2.45. The molecule has 0 saturated carbocycles. The van der Waals surface area contributed by atoms with Crippen molar-refractivity contribution in [1.29, 1.82) is 0 Å². The fourth-order valence-electron chi connectivity index (χ4n) is 2.63. The van der Waals surface area contributed by atoms with E-state index < -0.39 is 0 Å². The average Bonchev–Trinajstić information content (AvgIpc) is 2.23. The van der Waals surface area contributed by atoms with Crippen LogP contribution in [0.4, 0.5) is 11.4 Å². The second-order valence-corrected chi connectivity index (χ2v) is 5.21. The molecule has 1 aromatic carbocycles. The smallest absolute Gasteiger partial charge is 0.0605 e. The fraction of sp³-hybridized carbons (Fsp3) is 0.571. The molecule has 0 aliphatic carbocycles. The monoisotopic (exact) mass is 218 g/mol. The highest BCUT2D eigenvalue weighted by molar-refractivity contribution is 5.72. The molecule has 0 amide bonds. The quantitative estimate of drug-likeness (QED) is 0.734. The number of anilines is 2. The lowest BCUT2D eigenvalue weighted by atomic mass is 9.98. The van der Waals surface area contributed by atoms with E-state index in [9.17, 15) is 0 Å². The van der Waals surface area contributed by atoms with Gasteiger partial charge in [0.05, 0.1) is 11.4 Å². The van der Waals surface area contributed by atoms with Gasteiger partial charge in [0.15, 0.2) is 0 Å². The third-order valence-corrected chi connectivity index (χ3v) is 3.51. The van der Waals surface area contributed by atoms with E-state index >= 15 is 0 Å². The van der Waals surface area contributed by atoms with Crippen molar-refractivity contribution < 1.29 is 0 Å². The van der Waals surface area contributed by atoms with E-state index in [1.807, 2.05) is 0 Å². The summed E-state index contributed by atoms with van der Waals surface area (Å²) in [5, 5.41) is 0. The number of aryl methyl sites for hydroxylation is 2. The normalized spacial score (nSPS) is 21.2. The van der Waals surface area contributed by atoms with Gasteiger partial charge in [-0.25, -0.2) is 0 Å². The predicted molar refractivity (Wildman–Crippen MR) is 70.9 cm³/mol. The number of nitrogens with zero attached hydrogens (tertiary/aromatic N) is 1. The molecular weight excluding hydrogens is 196 g/mol. The van der Waals surface area contributed by atoms with Gasteiger partial charge in [-0.1, -0.05) is 13.0 Å². The van der Waals surface area contributed by atoms with Crippen LogP contribution in [0.1, 0.15) is 30.9 Å². The minimum absolute atomic E-state index is 0.786. The molecular formula is C14H22N2. The highest BCUT2D eigenvalue weighted by Gasteiger charge is 2.19. The van der Waals surface area contributed by atoms with Crippen molar-refractivity contribution >= 4 is 11.4 Å². The second-order valence-electron chi connectivity index (χ2n) is 5.21. The highest BCUT2D eigenvalue weighted by Crippen LogP contribution is 2.31. The Morgan fingerprint density at radius 2 is 2.06 bits per heavy atom. The molecule has 2 N–H and O–H groups in total. The summed E-state index contributed by atoms with van der Waals surface area (Å²) in [6.45, 7) is 8.86. The number of hydrogen-bond acceptors (Lipinski definition) is 2. The molecule has 0 aromatic heterocycles. The molecule has 1 aliphatic rings. The highest BCUT2D eigenvalue weighted by atomic mass is 15.1. The van der Waals surface area contributed by atoms with Gasteiger partial charge in [0.1, 0.15) is 0 Å². The van der Waals surface area contributed by atoms with E-state index in [0.717, 1.165) is 24.7 Å². The number of nitrogen functional groups attached to an aromatic ring is 1. The van der Waals surface area contributed by atoms with Gasteiger partial charge in [-0.05, 0) is 49.8 Å². The summed E-state index contributed by atoms with van der Waals surface area (Å²) in [6, 6.07) is 4.38. The first-order valence-electron chi connectivity index (χ1n) is 6.19. The Labute approximate surface area is 98.4 Å². The van der Waals surface area contributed by atoms with Crippen molar-refractivity contribution in [3.63, 3.8) is 0 Å². The first-order chi connectivity index (χ1) is 7.58. The van der Waals surface area contributed by atoms with Gasteiger partial charge >= 0.3 is 0 Å². The van der Waals surface area contributed by atoms with E-state index in [1.165, 1.54) is 29.7 Å². The first-order valence-corrected chi connectivity index (χ1v) is 6.19. The molecule has 1 saturated heterocycles. The van der Waals surface area contributed by atoms with Gasteiger partial charge in [0.25, 0.3) is 0 Å². The molecule has 2 nitrogen and oxygen atoms in total. The topological polar surface area (TPSA) is 29.3 Å². The Bertz CT molecular complexity index is 385. The molecule has 16 heavy (non-hydrogen) atoms. The number of piperidine rings is 1. The van der Waals surface area contributed by atoms with E-state index in [0.29, 0.717) is 0 Å². The standard InChI is InChI=1S/C14H22N2/c1-10-5-4-6-16(9-10)13-8-11(2)7-12(3)14(13)15/h7-8,10H,4-6,9,15H2,1-3H3/t10-/m1/s1. The van der Waals surface area contributed by atoms with Crippen LogP contribution in [0.2, 0.25) is 0 Å². The summed E-state index contributed by atoms with van der Waals surface area (Å²) in [6.07, 6.45) is 2.63. The number of hydrogen-bond donors (Lipinski definition) is 1. The summed E-state index contributed by atoms with van der Waals surface area (Å²) >= 11 is 0. The average molecular weight is 218 g/mol. The van der Waals surface area contributed by atoms with Crippen LogP contribution in [0.5, 0.6) is 0 Å². The third kappa shape index (κ3) is 2.16. The Morgan fingerprint density at radius 3 is 2.75 bits per heavy atom. The van der Waals surface area contributed by atoms with E-state index in [2.05, 4.69) is 37.8 Å². The molecule has 1 atom stereocenters. The molecule has 1 heterocycles. The minimum atomic E-state index is 0.786. The van der Waals surface area contributed by atoms with Crippen LogP contribution < -0.4 is 10.6 Å². The van der Waals surface area contributed by atoms with Gasteiger partial charge in [-0.15, -0.1) is 0 Å². The summed E-state index contributed by atoms with van der Waals surface area (Å²) in [7, 11) is 0. The zero-order chi connectivity index (χ0) is 11.7. The zero-order valence-corrected chi connectivity index (χ0v) is 10.6. The first kappa shape index (κ1) is 11.3. The van der Waals surface area contributed by atoms with Crippen molar-refractivity contribution in [2.75, 3.05) is 23.7 Å². The van der Waals surface area contributed by atoms with E-state index in [4.69, 9.17) is 5.73 Å². The third-order valence-electron chi connectivity index (χ3n) is 3.51. The molecule has 1 aliphatic heterocycles. The Kier molecular flexibility index (Phi) is 3.08. The van der Waals surface area contributed by atoms with E-state index in [1.54, 1.807) is 0 Å². The Balaban J connectivity index is 2.32. The van der Waals surface area contributed by atoms with Crippen LogP contribution in [0.3, 0.4) is 0 Å². The van der Waals surface area contributed by atoms with Gasteiger partial charge in [0.2, 0.25) is 0 Å². The van der Waals surface area contributed by atoms with Crippen molar-refractivity contribution in [1.82, 2.24) is 0 Å². The lowest BCUT2D eigenvalue weighted by molar-refractivity contribution is 0.447. The number of rotatable bonds is 1. The SMILES string of the molecule is Cc1cc(C)c(N)c(N2CCC[C@@H](C)C2)c1. The number of benzene rings is 1. The lowest BCUT2D eigenvalue weighted by Gasteiger charge is -2.34. The predicted octanol–water partition coefficient (Wildman–Crippen LogP) is 3.12. The largest absolute Gasteiger partial charge is 0.397 e. The summed E-state index contributed by atoms with van der Waals surface area (Å²) < 4.78 is 0.